The molecule has 2 rings (SSSR count). The zero-order chi connectivity index (χ0) is 16.7. The molecule has 1 atom stereocenters. The highest BCUT2D eigenvalue weighted by molar-refractivity contribution is 5.71. The quantitative estimate of drug-likeness (QED) is 0.714. The molecule has 2 aromatic rings. The molecule has 1 heterocycles. The van der Waals surface area contributed by atoms with Gasteiger partial charge < -0.3 is 9.84 Å². The molecule has 1 N–H and O–H groups in total. The highest BCUT2D eigenvalue weighted by Gasteiger charge is 2.25. The number of carboxylic acids is 1. The van der Waals surface area contributed by atoms with Crippen molar-refractivity contribution < 1.29 is 14.6 Å². The lowest BCUT2D eigenvalue weighted by Crippen LogP contribution is -2.24. The van der Waals surface area contributed by atoms with E-state index in [0.29, 0.717) is 31.7 Å². The van der Waals surface area contributed by atoms with Gasteiger partial charge in [-0.05, 0) is 41.3 Å². The monoisotopic (exact) mass is 318 g/mol. The van der Waals surface area contributed by atoms with Crippen LogP contribution in [-0.2, 0) is 11.2 Å². The Balaban J connectivity index is 1.91. The van der Waals surface area contributed by atoms with Crippen LogP contribution in [0.3, 0.4) is 0 Å². The number of carboxylic acid groups (broad SMARTS) is 1. The number of para-hydroxylation sites is 1. The molecule has 1 aromatic carbocycles. The van der Waals surface area contributed by atoms with Crippen LogP contribution in [0.15, 0.2) is 30.3 Å². The summed E-state index contributed by atoms with van der Waals surface area (Å²) in [5, 5.41) is 20.8. The molecule has 0 bridgehead atoms. The van der Waals surface area contributed by atoms with E-state index in [1.54, 1.807) is 0 Å². The fraction of sp³-hybridized carbons (Fsp3) is 0.500. The number of carbonyl (C=O) groups is 1. The topological polar surface area (TPSA) is 90.1 Å². The lowest BCUT2D eigenvalue weighted by atomic mass is 10.0. The number of benzene rings is 1. The molecular weight excluding hydrogens is 296 g/mol. The van der Waals surface area contributed by atoms with Gasteiger partial charge in [0.25, 0.3) is 0 Å². The van der Waals surface area contributed by atoms with Gasteiger partial charge in [-0.3, -0.25) is 0 Å². The molecule has 124 valence electrons. The average molecular weight is 318 g/mol. The SMILES string of the molecule is CC(C)CC(C(=O)O)n1nnnc1CCCOc1ccccc1. The predicted octanol–water partition coefficient (Wildman–Crippen LogP) is 2.36. The zero-order valence-corrected chi connectivity index (χ0v) is 13.4. The highest BCUT2D eigenvalue weighted by atomic mass is 16.5. The summed E-state index contributed by atoms with van der Waals surface area (Å²) in [5.41, 5.74) is 0. The van der Waals surface area contributed by atoms with E-state index in [1.807, 2.05) is 44.2 Å². The Hall–Kier alpha value is -2.44. The van der Waals surface area contributed by atoms with E-state index < -0.39 is 12.0 Å². The summed E-state index contributed by atoms with van der Waals surface area (Å²) in [6.45, 7) is 4.49. The normalized spacial score (nSPS) is 12.3. The van der Waals surface area contributed by atoms with E-state index in [1.165, 1.54) is 4.68 Å². The third-order valence-electron chi connectivity index (χ3n) is 3.39. The number of aryl methyl sites for hydroxylation is 1. The van der Waals surface area contributed by atoms with Crippen molar-refractivity contribution in [3.63, 3.8) is 0 Å². The van der Waals surface area contributed by atoms with Crippen LogP contribution in [0, 0.1) is 5.92 Å². The second-order valence-electron chi connectivity index (χ2n) is 5.79. The van der Waals surface area contributed by atoms with Crippen LogP contribution in [0.1, 0.15) is 38.6 Å². The summed E-state index contributed by atoms with van der Waals surface area (Å²) in [4.78, 5) is 11.5. The van der Waals surface area contributed by atoms with Crippen molar-refractivity contribution in [3.05, 3.63) is 36.2 Å². The maximum absolute atomic E-state index is 11.5. The van der Waals surface area contributed by atoms with Gasteiger partial charge in [-0.25, -0.2) is 9.48 Å². The maximum Gasteiger partial charge on any atom is 0.328 e. The largest absolute Gasteiger partial charge is 0.494 e. The lowest BCUT2D eigenvalue weighted by Gasteiger charge is -2.16. The third kappa shape index (κ3) is 5.05. The number of hydrogen-bond acceptors (Lipinski definition) is 5. The van der Waals surface area contributed by atoms with Gasteiger partial charge in [-0.2, -0.15) is 0 Å². The molecule has 1 unspecified atom stereocenters. The van der Waals surface area contributed by atoms with Crippen LogP contribution in [-0.4, -0.2) is 37.9 Å². The van der Waals surface area contributed by atoms with Crippen LogP contribution in [0.25, 0.3) is 0 Å². The molecule has 0 saturated heterocycles. The second-order valence-corrected chi connectivity index (χ2v) is 5.79. The summed E-state index contributed by atoms with van der Waals surface area (Å²) in [6, 6.07) is 8.83. The van der Waals surface area contributed by atoms with Crippen LogP contribution in [0.5, 0.6) is 5.75 Å². The molecule has 1 aromatic heterocycles. The first kappa shape index (κ1) is 16.9. The average Bonchev–Trinajstić information content (AvgIpc) is 2.98. The van der Waals surface area contributed by atoms with Gasteiger partial charge in [0.15, 0.2) is 11.9 Å². The molecule has 0 saturated carbocycles. The number of nitrogens with zero attached hydrogens (tertiary/aromatic N) is 4. The van der Waals surface area contributed by atoms with Crippen molar-refractivity contribution in [3.8, 4) is 5.75 Å². The minimum absolute atomic E-state index is 0.245. The standard InChI is InChI=1S/C16H22N4O3/c1-12(2)11-14(16(21)22)20-15(17-18-19-20)9-6-10-23-13-7-4-3-5-8-13/h3-5,7-8,12,14H,6,9-11H2,1-2H3,(H,21,22). The molecule has 0 amide bonds. The fourth-order valence-electron chi connectivity index (χ4n) is 2.31. The number of aliphatic carboxylic acids is 1. The Bertz CT molecular complexity index is 613. The van der Waals surface area contributed by atoms with Crippen LogP contribution < -0.4 is 4.74 Å². The number of aromatic nitrogens is 4. The zero-order valence-electron chi connectivity index (χ0n) is 13.4. The Kier molecular flexibility index (Phi) is 6.08. The van der Waals surface area contributed by atoms with Crippen molar-refractivity contribution >= 4 is 5.97 Å². The molecule has 0 spiro atoms. The predicted molar refractivity (Wildman–Crippen MR) is 84.2 cm³/mol. The minimum Gasteiger partial charge on any atom is -0.494 e. The number of hydrogen-bond donors (Lipinski definition) is 1. The van der Waals surface area contributed by atoms with Crippen molar-refractivity contribution in [2.45, 2.75) is 39.2 Å². The third-order valence-corrected chi connectivity index (χ3v) is 3.39. The van der Waals surface area contributed by atoms with Gasteiger partial charge in [0.2, 0.25) is 0 Å². The Morgan fingerprint density at radius 3 is 2.70 bits per heavy atom. The van der Waals surface area contributed by atoms with E-state index in [-0.39, 0.29) is 5.92 Å². The summed E-state index contributed by atoms with van der Waals surface area (Å²) in [7, 11) is 0. The molecule has 0 radical (unpaired) electrons. The van der Waals surface area contributed by atoms with Gasteiger partial charge in [-0.1, -0.05) is 32.0 Å². The molecule has 23 heavy (non-hydrogen) atoms. The number of rotatable bonds is 9. The minimum atomic E-state index is -0.909. The van der Waals surface area contributed by atoms with Crippen molar-refractivity contribution in [2.75, 3.05) is 6.61 Å². The maximum atomic E-state index is 11.5. The first-order valence-electron chi connectivity index (χ1n) is 7.75. The van der Waals surface area contributed by atoms with Gasteiger partial charge in [0.05, 0.1) is 6.61 Å². The smallest absolute Gasteiger partial charge is 0.328 e. The first-order chi connectivity index (χ1) is 11.1. The van der Waals surface area contributed by atoms with Gasteiger partial charge >= 0.3 is 5.97 Å². The second kappa shape index (κ2) is 8.26. The van der Waals surface area contributed by atoms with Gasteiger partial charge in [0, 0.05) is 6.42 Å². The summed E-state index contributed by atoms with van der Waals surface area (Å²) in [6.07, 6.45) is 1.78. The molecule has 0 aliphatic heterocycles. The van der Waals surface area contributed by atoms with Crippen molar-refractivity contribution in [1.82, 2.24) is 20.2 Å². The summed E-state index contributed by atoms with van der Waals surface area (Å²) in [5.74, 6) is 0.729. The van der Waals surface area contributed by atoms with Crippen molar-refractivity contribution in [2.24, 2.45) is 5.92 Å². The van der Waals surface area contributed by atoms with Gasteiger partial charge in [0.1, 0.15) is 5.75 Å². The van der Waals surface area contributed by atoms with E-state index in [4.69, 9.17) is 4.74 Å². The van der Waals surface area contributed by atoms with E-state index in [2.05, 4.69) is 15.5 Å². The molecule has 0 aliphatic rings. The first-order valence-corrected chi connectivity index (χ1v) is 7.75. The molecule has 0 aliphatic carbocycles. The molecular formula is C16H22N4O3. The van der Waals surface area contributed by atoms with Gasteiger partial charge in [-0.15, -0.1) is 5.10 Å². The Morgan fingerprint density at radius 2 is 2.04 bits per heavy atom. The van der Waals surface area contributed by atoms with Crippen LogP contribution >= 0.6 is 0 Å². The molecule has 7 nitrogen and oxygen atoms in total. The van der Waals surface area contributed by atoms with E-state index in [9.17, 15) is 9.90 Å². The Morgan fingerprint density at radius 1 is 1.30 bits per heavy atom. The summed E-state index contributed by atoms with van der Waals surface area (Å²) >= 11 is 0. The van der Waals surface area contributed by atoms with E-state index >= 15 is 0 Å². The lowest BCUT2D eigenvalue weighted by molar-refractivity contribution is -0.141. The summed E-state index contributed by atoms with van der Waals surface area (Å²) < 4.78 is 7.04. The fourth-order valence-corrected chi connectivity index (χ4v) is 2.31. The van der Waals surface area contributed by atoms with Crippen molar-refractivity contribution in [1.29, 1.82) is 0 Å². The van der Waals surface area contributed by atoms with E-state index in [0.717, 1.165) is 5.75 Å². The number of tetrazole rings is 1. The van der Waals surface area contributed by atoms with Crippen LogP contribution in [0.2, 0.25) is 0 Å². The highest BCUT2D eigenvalue weighted by Crippen LogP contribution is 2.18. The Labute approximate surface area is 135 Å². The number of ether oxygens (including phenoxy) is 1. The molecule has 7 heteroatoms. The van der Waals surface area contributed by atoms with Crippen LogP contribution in [0.4, 0.5) is 0 Å². The molecule has 0 fully saturated rings.